The first kappa shape index (κ1) is 20.8. The Labute approximate surface area is 167 Å². The van der Waals surface area contributed by atoms with Crippen molar-refractivity contribution in [3.05, 3.63) is 66.7 Å². The zero-order valence-corrected chi connectivity index (χ0v) is 17.0. The minimum absolute atomic E-state index is 0.121. The van der Waals surface area contributed by atoms with Crippen LogP contribution in [0.25, 0.3) is 0 Å². The lowest BCUT2D eigenvalue weighted by atomic mass is 9.97. The van der Waals surface area contributed by atoms with Crippen LogP contribution in [0.3, 0.4) is 0 Å². The highest BCUT2D eigenvalue weighted by Gasteiger charge is 2.15. The second-order valence-electron chi connectivity index (χ2n) is 6.68. The van der Waals surface area contributed by atoms with Crippen molar-refractivity contribution in [1.82, 2.24) is 5.32 Å². The van der Waals surface area contributed by atoms with Crippen molar-refractivity contribution < 1.29 is 9.47 Å². The number of hydrogen-bond donors (Lipinski definition) is 2. The Morgan fingerprint density at radius 1 is 1.15 bits per heavy atom. The van der Waals surface area contributed by atoms with E-state index in [0.29, 0.717) is 17.6 Å². The van der Waals surface area contributed by atoms with E-state index in [4.69, 9.17) is 21.7 Å². The number of benzene rings is 2. The number of methoxy groups -OCH3 is 1. The van der Waals surface area contributed by atoms with Crippen LogP contribution in [0.1, 0.15) is 31.9 Å². The largest absolute Gasteiger partial charge is 0.497 e. The maximum atomic E-state index is 5.57. The quantitative estimate of drug-likeness (QED) is 0.452. The fraction of sp³-hybridized carbons (Fsp3) is 0.318. The summed E-state index contributed by atoms with van der Waals surface area (Å²) in [6.07, 6.45) is 2.69. The van der Waals surface area contributed by atoms with Gasteiger partial charge in [0.25, 0.3) is 0 Å². The van der Waals surface area contributed by atoms with Crippen LogP contribution in [0.5, 0.6) is 11.5 Å². The molecule has 0 saturated heterocycles. The van der Waals surface area contributed by atoms with Gasteiger partial charge in [-0.05, 0) is 54.4 Å². The first-order valence-corrected chi connectivity index (χ1v) is 9.48. The summed E-state index contributed by atoms with van der Waals surface area (Å²) in [7, 11) is 1.67. The molecule has 0 aliphatic heterocycles. The normalized spacial score (nSPS) is 11.6. The Morgan fingerprint density at radius 2 is 1.89 bits per heavy atom. The third-order valence-electron chi connectivity index (χ3n) is 3.99. The Balaban J connectivity index is 2.05. The number of rotatable bonds is 9. The maximum Gasteiger partial charge on any atom is 0.171 e. The average Bonchev–Trinajstić information content (AvgIpc) is 2.66. The van der Waals surface area contributed by atoms with E-state index in [9.17, 15) is 0 Å². The van der Waals surface area contributed by atoms with Gasteiger partial charge in [-0.3, -0.25) is 0 Å². The monoisotopic (exact) mass is 384 g/mol. The van der Waals surface area contributed by atoms with Crippen molar-refractivity contribution in [3.63, 3.8) is 0 Å². The van der Waals surface area contributed by atoms with Crippen LogP contribution in [-0.4, -0.2) is 18.8 Å². The summed E-state index contributed by atoms with van der Waals surface area (Å²) in [5.41, 5.74) is 2.06. The van der Waals surface area contributed by atoms with Gasteiger partial charge >= 0.3 is 0 Å². The second kappa shape index (κ2) is 10.6. The molecule has 0 aliphatic carbocycles. The van der Waals surface area contributed by atoms with Crippen molar-refractivity contribution >= 4 is 23.0 Å². The zero-order chi connectivity index (χ0) is 19.6. The van der Waals surface area contributed by atoms with Gasteiger partial charge in [-0.2, -0.15) is 0 Å². The molecule has 0 fully saturated rings. The lowest BCUT2D eigenvalue weighted by molar-refractivity contribution is 0.363. The molecule has 1 atom stereocenters. The minimum atomic E-state index is 0.121. The summed E-state index contributed by atoms with van der Waals surface area (Å²) >= 11 is 5.54. The first-order chi connectivity index (χ1) is 13.0. The van der Waals surface area contributed by atoms with E-state index < -0.39 is 0 Å². The van der Waals surface area contributed by atoms with Gasteiger partial charge in [0.1, 0.15) is 18.1 Å². The van der Waals surface area contributed by atoms with E-state index in [1.807, 2.05) is 36.4 Å². The third-order valence-corrected chi connectivity index (χ3v) is 4.21. The SMILES string of the molecule is C=CCOc1cccc(NC(=S)N[C@@H](CC(C)C)c2ccc(OC)cc2)c1. The molecular weight excluding hydrogens is 356 g/mol. The average molecular weight is 385 g/mol. The number of nitrogens with one attached hydrogen (secondary N) is 2. The van der Waals surface area contributed by atoms with Crippen LogP contribution in [-0.2, 0) is 0 Å². The highest BCUT2D eigenvalue weighted by molar-refractivity contribution is 7.80. The van der Waals surface area contributed by atoms with Crippen LogP contribution in [0.4, 0.5) is 5.69 Å². The molecule has 2 N–H and O–H groups in total. The fourth-order valence-electron chi connectivity index (χ4n) is 2.73. The predicted molar refractivity (Wildman–Crippen MR) is 117 cm³/mol. The van der Waals surface area contributed by atoms with Gasteiger partial charge in [0.05, 0.1) is 13.2 Å². The molecular formula is C22H28N2O2S. The molecule has 27 heavy (non-hydrogen) atoms. The smallest absolute Gasteiger partial charge is 0.171 e. The van der Waals surface area contributed by atoms with E-state index in [0.717, 1.165) is 23.6 Å². The van der Waals surface area contributed by atoms with E-state index in [2.05, 4.69) is 43.2 Å². The topological polar surface area (TPSA) is 42.5 Å². The summed E-state index contributed by atoms with van der Waals surface area (Å²) in [6, 6.07) is 15.9. The van der Waals surface area contributed by atoms with Crippen LogP contribution in [0.2, 0.25) is 0 Å². The van der Waals surface area contributed by atoms with E-state index in [-0.39, 0.29) is 6.04 Å². The summed E-state index contributed by atoms with van der Waals surface area (Å²) < 4.78 is 10.8. The molecule has 0 saturated carbocycles. The van der Waals surface area contributed by atoms with Crippen LogP contribution < -0.4 is 20.1 Å². The van der Waals surface area contributed by atoms with E-state index in [1.54, 1.807) is 13.2 Å². The van der Waals surface area contributed by atoms with Crippen LogP contribution in [0.15, 0.2) is 61.2 Å². The van der Waals surface area contributed by atoms with Gasteiger partial charge in [-0.1, -0.05) is 44.7 Å². The number of ether oxygens (including phenoxy) is 2. The molecule has 0 aromatic heterocycles. The summed E-state index contributed by atoms with van der Waals surface area (Å²) in [5.74, 6) is 2.15. The fourth-order valence-corrected chi connectivity index (χ4v) is 2.99. The highest BCUT2D eigenvalue weighted by atomic mass is 32.1. The van der Waals surface area contributed by atoms with Crippen molar-refractivity contribution in [2.24, 2.45) is 5.92 Å². The standard InChI is InChI=1S/C22H28N2O2S/c1-5-13-26-20-8-6-7-18(15-20)23-22(27)24-21(14-16(2)3)17-9-11-19(25-4)12-10-17/h5-12,15-16,21H,1,13-14H2,2-4H3,(H2,23,24,27)/t21-/m0/s1. The van der Waals surface area contributed by atoms with E-state index in [1.165, 1.54) is 5.56 Å². The predicted octanol–water partition coefficient (Wildman–Crippen LogP) is 5.33. The van der Waals surface area contributed by atoms with Crippen molar-refractivity contribution in [2.45, 2.75) is 26.3 Å². The van der Waals surface area contributed by atoms with Crippen LogP contribution in [0, 0.1) is 5.92 Å². The molecule has 0 bridgehead atoms. The molecule has 0 spiro atoms. The van der Waals surface area contributed by atoms with Gasteiger partial charge in [0, 0.05) is 11.8 Å². The van der Waals surface area contributed by atoms with Crippen molar-refractivity contribution in [2.75, 3.05) is 19.0 Å². The lowest BCUT2D eigenvalue weighted by Crippen LogP contribution is -2.33. The third kappa shape index (κ3) is 6.94. The molecule has 0 aliphatic rings. The lowest BCUT2D eigenvalue weighted by Gasteiger charge is -2.23. The van der Waals surface area contributed by atoms with Crippen LogP contribution >= 0.6 is 12.2 Å². The Bertz CT molecular complexity index is 744. The van der Waals surface area contributed by atoms with E-state index >= 15 is 0 Å². The molecule has 4 nitrogen and oxygen atoms in total. The van der Waals surface area contributed by atoms with Gasteiger partial charge < -0.3 is 20.1 Å². The maximum absolute atomic E-state index is 5.57. The van der Waals surface area contributed by atoms with Gasteiger partial charge in [0.2, 0.25) is 0 Å². The number of thiocarbonyl (C=S) groups is 1. The number of anilines is 1. The van der Waals surface area contributed by atoms with Gasteiger partial charge in [0.15, 0.2) is 5.11 Å². The summed E-state index contributed by atoms with van der Waals surface area (Å²) in [6.45, 7) is 8.54. The molecule has 2 aromatic carbocycles. The second-order valence-corrected chi connectivity index (χ2v) is 7.09. The van der Waals surface area contributed by atoms with Crippen molar-refractivity contribution in [3.8, 4) is 11.5 Å². The molecule has 0 amide bonds. The molecule has 144 valence electrons. The van der Waals surface area contributed by atoms with Gasteiger partial charge in [-0.15, -0.1) is 0 Å². The molecule has 2 aromatic rings. The molecule has 0 heterocycles. The molecule has 2 rings (SSSR count). The summed E-state index contributed by atoms with van der Waals surface area (Å²) in [4.78, 5) is 0. The van der Waals surface area contributed by atoms with Crippen molar-refractivity contribution in [1.29, 1.82) is 0 Å². The Morgan fingerprint density at radius 3 is 2.52 bits per heavy atom. The summed E-state index contributed by atoms with van der Waals surface area (Å²) in [5, 5.41) is 7.26. The molecule has 0 unspecified atom stereocenters. The molecule has 0 radical (unpaired) electrons. The first-order valence-electron chi connectivity index (χ1n) is 9.07. The minimum Gasteiger partial charge on any atom is -0.497 e. The zero-order valence-electron chi connectivity index (χ0n) is 16.2. The Kier molecular flexibility index (Phi) is 8.14. The number of hydrogen-bond acceptors (Lipinski definition) is 3. The highest BCUT2D eigenvalue weighted by Crippen LogP contribution is 2.24. The van der Waals surface area contributed by atoms with Gasteiger partial charge in [-0.25, -0.2) is 0 Å². The Hall–Kier alpha value is -2.53. The molecule has 5 heteroatoms.